The highest BCUT2D eigenvalue weighted by Crippen LogP contribution is 2.43. The zero-order chi connectivity index (χ0) is 30.0. The first-order chi connectivity index (χ1) is 18.3. The van der Waals surface area contributed by atoms with Crippen LogP contribution in [0.5, 0.6) is 0 Å². The van der Waals surface area contributed by atoms with E-state index >= 15 is 0 Å². The Labute approximate surface area is 224 Å². The predicted molar refractivity (Wildman–Crippen MR) is 135 cm³/mol. The third kappa shape index (κ3) is 7.18. The Morgan fingerprint density at radius 1 is 0.564 bits per heavy atom. The van der Waals surface area contributed by atoms with Crippen LogP contribution in [0.3, 0.4) is 0 Å². The quantitative estimate of drug-likeness (QED) is 0.161. The predicted octanol–water partition coefficient (Wildman–Crippen LogP) is 4.32. The number of benzene rings is 1. The van der Waals surface area contributed by atoms with Crippen molar-refractivity contribution < 1.29 is 58.3 Å². The molecule has 210 valence electrons. The number of carboxylic acids is 3. The fourth-order valence-electron chi connectivity index (χ4n) is 4.07. The Bertz CT molecular complexity index is 1040. The first-order valence-electron chi connectivity index (χ1n) is 11.8. The molecular formula is C27H30O12. The van der Waals surface area contributed by atoms with Gasteiger partial charge in [0.1, 0.15) is 18.3 Å². The van der Waals surface area contributed by atoms with Gasteiger partial charge in [0.05, 0.1) is 16.7 Å². The lowest BCUT2D eigenvalue weighted by Crippen LogP contribution is -2.29. The maximum Gasteiger partial charge on any atom is 0.336 e. The SMILES string of the molecule is C=CC(=O)OC(CC)c1c(C(=O)O)c(C(CC)OC(=O)C=C)c(C(=O)O)c(C(CC)OC(=O)C=C)c1C(=O)O. The molecule has 0 aromatic heterocycles. The summed E-state index contributed by atoms with van der Waals surface area (Å²) in [5, 5.41) is 30.9. The summed E-state index contributed by atoms with van der Waals surface area (Å²) in [5.74, 6) is -8.41. The first kappa shape index (κ1) is 32.3. The molecule has 0 aliphatic carbocycles. The Balaban J connectivity index is 4.66. The minimum Gasteiger partial charge on any atom is -0.478 e. The molecule has 3 atom stereocenters. The van der Waals surface area contributed by atoms with E-state index < -0.39 is 87.5 Å². The van der Waals surface area contributed by atoms with E-state index in [-0.39, 0.29) is 19.3 Å². The summed E-state index contributed by atoms with van der Waals surface area (Å²) in [6.45, 7) is 14.2. The lowest BCUT2D eigenvalue weighted by molar-refractivity contribution is -0.144. The summed E-state index contributed by atoms with van der Waals surface area (Å²) < 4.78 is 15.8. The molecule has 0 amide bonds. The topological polar surface area (TPSA) is 191 Å². The number of carboxylic acid groups (broad SMARTS) is 3. The van der Waals surface area contributed by atoms with Gasteiger partial charge in [-0.3, -0.25) is 0 Å². The summed E-state index contributed by atoms with van der Waals surface area (Å²) in [5.41, 5.74) is -4.31. The van der Waals surface area contributed by atoms with E-state index in [1.807, 2.05) is 0 Å². The van der Waals surface area contributed by atoms with Gasteiger partial charge in [0.25, 0.3) is 0 Å². The molecule has 0 saturated heterocycles. The fourth-order valence-corrected chi connectivity index (χ4v) is 4.07. The maximum absolute atomic E-state index is 12.7. The zero-order valence-corrected chi connectivity index (χ0v) is 21.7. The highest BCUT2D eigenvalue weighted by molar-refractivity contribution is 6.06. The van der Waals surface area contributed by atoms with Crippen molar-refractivity contribution >= 4 is 35.8 Å². The summed E-state index contributed by atoms with van der Waals surface area (Å²) in [6, 6.07) is 0. The average molecular weight is 547 g/mol. The molecular weight excluding hydrogens is 516 g/mol. The number of rotatable bonds is 15. The lowest BCUT2D eigenvalue weighted by atomic mass is 9.79. The summed E-state index contributed by atoms with van der Waals surface area (Å²) in [4.78, 5) is 74.5. The molecule has 3 N–H and O–H groups in total. The molecule has 0 heterocycles. The van der Waals surface area contributed by atoms with Crippen LogP contribution in [0, 0.1) is 0 Å². The molecule has 0 radical (unpaired) electrons. The molecule has 0 spiro atoms. The molecule has 12 nitrogen and oxygen atoms in total. The molecule has 39 heavy (non-hydrogen) atoms. The van der Waals surface area contributed by atoms with Gasteiger partial charge in [-0.05, 0) is 19.3 Å². The highest BCUT2D eigenvalue weighted by Gasteiger charge is 2.42. The molecule has 0 aliphatic heterocycles. The second-order valence-corrected chi connectivity index (χ2v) is 7.90. The zero-order valence-electron chi connectivity index (χ0n) is 21.7. The summed E-state index contributed by atoms with van der Waals surface area (Å²) in [6.07, 6.45) is -2.74. The van der Waals surface area contributed by atoms with Crippen LogP contribution in [0.1, 0.15) is 106 Å². The normalized spacial score (nSPS) is 12.7. The van der Waals surface area contributed by atoms with Crippen molar-refractivity contribution in [3.63, 3.8) is 0 Å². The first-order valence-corrected chi connectivity index (χ1v) is 11.8. The minimum atomic E-state index is -1.78. The van der Waals surface area contributed by atoms with Crippen LogP contribution < -0.4 is 0 Å². The van der Waals surface area contributed by atoms with Gasteiger partial charge in [0.2, 0.25) is 0 Å². The van der Waals surface area contributed by atoms with Crippen molar-refractivity contribution in [1.29, 1.82) is 0 Å². The highest BCUT2D eigenvalue weighted by atomic mass is 16.6. The smallest absolute Gasteiger partial charge is 0.336 e. The van der Waals surface area contributed by atoms with Gasteiger partial charge >= 0.3 is 35.8 Å². The van der Waals surface area contributed by atoms with E-state index in [1.54, 1.807) is 0 Å². The second-order valence-electron chi connectivity index (χ2n) is 7.90. The van der Waals surface area contributed by atoms with Gasteiger partial charge in [-0.2, -0.15) is 0 Å². The minimum absolute atomic E-state index is 0.155. The van der Waals surface area contributed by atoms with E-state index in [2.05, 4.69) is 19.7 Å². The van der Waals surface area contributed by atoms with Crippen molar-refractivity contribution in [2.45, 2.75) is 58.3 Å². The number of aromatic carboxylic acids is 3. The second kappa shape index (κ2) is 14.3. The number of hydrogen-bond acceptors (Lipinski definition) is 9. The van der Waals surface area contributed by atoms with Crippen molar-refractivity contribution in [3.8, 4) is 0 Å². The number of carbonyl (C=O) groups excluding carboxylic acids is 3. The van der Waals surface area contributed by atoms with Crippen LogP contribution >= 0.6 is 0 Å². The number of hydrogen-bond donors (Lipinski definition) is 3. The molecule has 0 fully saturated rings. The molecule has 0 bridgehead atoms. The van der Waals surface area contributed by atoms with Gasteiger partial charge in [0.15, 0.2) is 0 Å². The third-order valence-corrected chi connectivity index (χ3v) is 5.61. The van der Waals surface area contributed by atoms with Gasteiger partial charge in [0, 0.05) is 34.9 Å². The van der Waals surface area contributed by atoms with E-state index in [0.717, 1.165) is 18.2 Å². The summed E-state index contributed by atoms with van der Waals surface area (Å²) in [7, 11) is 0. The lowest BCUT2D eigenvalue weighted by Gasteiger charge is -2.30. The number of carbonyl (C=O) groups is 6. The number of esters is 3. The van der Waals surface area contributed by atoms with Crippen LogP contribution in [0.15, 0.2) is 38.0 Å². The van der Waals surface area contributed by atoms with Crippen molar-refractivity contribution in [2.75, 3.05) is 0 Å². The van der Waals surface area contributed by atoms with Crippen molar-refractivity contribution in [2.24, 2.45) is 0 Å². The van der Waals surface area contributed by atoms with Crippen molar-refractivity contribution in [1.82, 2.24) is 0 Å². The Morgan fingerprint density at radius 2 is 0.769 bits per heavy atom. The van der Waals surface area contributed by atoms with Gasteiger partial charge < -0.3 is 29.5 Å². The standard InChI is InChI=1S/C27H30O12/c1-7-13(37-16(28)10-4)19-22(25(31)32)20(14(8-2)38-17(29)11-5)24(27(35)36)21(23(19)26(33)34)15(9-3)39-18(30)12-6/h10-15H,4-9H2,1-3H3,(H,31,32)(H,33,34)(H,35,36). The molecule has 3 unspecified atom stereocenters. The molecule has 0 saturated carbocycles. The van der Waals surface area contributed by atoms with Crippen LogP contribution in [0.4, 0.5) is 0 Å². The molecule has 0 aliphatic rings. The van der Waals surface area contributed by atoms with Crippen LogP contribution in [-0.2, 0) is 28.6 Å². The van der Waals surface area contributed by atoms with Crippen molar-refractivity contribution in [3.05, 3.63) is 71.3 Å². The van der Waals surface area contributed by atoms with Crippen LogP contribution in [0.2, 0.25) is 0 Å². The van der Waals surface area contributed by atoms with E-state index in [4.69, 9.17) is 14.2 Å². The Hall–Kier alpha value is -4.74. The molecule has 1 rings (SSSR count). The third-order valence-electron chi connectivity index (χ3n) is 5.61. The monoisotopic (exact) mass is 546 g/mol. The Kier molecular flexibility index (Phi) is 11.8. The van der Waals surface area contributed by atoms with E-state index in [0.29, 0.717) is 0 Å². The van der Waals surface area contributed by atoms with E-state index in [1.165, 1.54) is 20.8 Å². The molecule has 1 aromatic carbocycles. The largest absolute Gasteiger partial charge is 0.478 e. The average Bonchev–Trinajstić information content (AvgIpc) is 2.90. The van der Waals surface area contributed by atoms with Crippen LogP contribution in [0.25, 0.3) is 0 Å². The van der Waals surface area contributed by atoms with Crippen LogP contribution in [-0.4, -0.2) is 51.1 Å². The van der Waals surface area contributed by atoms with Gasteiger partial charge in [-0.1, -0.05) is 40.5 Å². The summed E-state index contributed by atoms with van der Waals surface area (Å²) >= 11 is 0. The molecule has 1 aromatic rings. The number of ether oxygens (including phenoxy) is 3. The molecule has 12 heteroatoms. The van der Waals surface area contributed by atoms with Gasteiger partial charge in [-0.25, -0.2) is 28.8 Å². The Morgan fingerprint density at radius 3 is 0.897 bits per heavy atom. The maximum atomic E-state index is 12.7. The van der Waals surface area contributed by atoms with E-state index in [9.17, 15) is 44.1 Å². The van der Waals surface area contributed by atoms with Gasteiger partial charge in [-0.15, -0.1) is 0 Å². The fraction of sp³-hybridized carbons (Fsp3) is 0.333.